The summed E-state index contributed by atoms with van der Waals surface area (Å²) in [4.78, 5) is 16.9. The minimum Gasteiger partial charge on any atom is -0.371 e. The smallest absolute Gasteiger partial charge is 0.270 e. The molecule has 1 aliphatic carbocycles. The molecule has 0 bridgehead atoms. The summed E-state index contributed by atoms with van der Waals surface area (Å²) in [6.07, 6.45) is 4.47. The van der Waals surface area contributed by atoms with Crippen molar-refractivity contribution in [2.75, 3.05) is 13.6 Å². The molecule has 1 aromatic rings. The number of carbonyl (C=O) groups is 1. The molecule has 2 N–H and O–H groups in total. The quantitative estimate of drug-likeness (QED) is 0.696. The summed E-state index contributed by atoms with van der Waals surface area (Å²) < 4.78 is 13.5. The second-order valence-corrected chi connectivity index (χ2v) is 6.48. The number of carbonyl (C=O) groups excluding carboxylic acids is 1. The van der Waals surface area contributed by atoms with E-state index in [9.17, 15) is 9.18 Å². The van der Waals surface area contributed by atoms with Crippen LogP contribution in [0.2, 0.25) is 0 Å². The summed E-state index contributed by atoms with van der Waals surface area (Å²) in [7, 11) is 1.91. The summed E-state index contributed by atoms with van der Waals surface area (Å²) in [5.74, 6) is -0.287. The molecule has 0 aromatic heterocycles. The van der Waals surface area contributed by atoms with Crippen LogP contribution < -0.4 is 5.73 Å². The molecule has 2 atom stereocenters. The van der Waals surface area contributed by atoms with E-state index in [0.717, 1.165) is 31.4 Å². The summed E-state index contributed by atoms with van der Waals surface area (Å²) >= 11 is 0. The average Bonchev–Trinajstić information content (AvgIpc) is 3.15. The Bertz CT molecular complexity index is 603. The van der Waals surface area contributed by atoms with E-state index >= 15 is 0 Å². The number of amides is 1. The van der Waals surface area contributed by atoms with E-state index in [1.807, 2.05) is 70.5 Å². The summed E-state index contributed by atoms with van der Waals surface area (Å²) in [6.45, 7) is 13.0. The van der Waals surface area contributed by atoms with Gasteiger partial charge in [-0.2, -0.15) is 0 Å². The minimum absolute atomic E-state index is 0.00906. The molecule has 2 unspecified atom stereocenters. The van der Waals surface area contributed by atoms with Gasteiger partial charge in [0.2, 0.25) is 0 Å². The van der Waals surface area contributed by atoms with Crippen LogP contribution in [0.25, 0.3) is 0 Å². The van der Waals surface area contributed by atoms with Crippen LogP contribution in [0.1, 0.15) is 66.4 Å². The number of nitrogens with two attached hydrogens (primary N) is 1. The molecule has 1 amide bonds. The van der Waals surface area contributed by atoms with Crippen LogP contribution in [-0.4, -0.2) is 41.4 Å². The molecular weight excluding hydrogens is 353 g/mol. The zero-order valence-electron chi connectivity index (χ0n) is 18.8. The molecule has 0 saturated heterocycles. The van der Waals surface area contributed by atoms with Gasteiger partial charge in [-0.1, -0.05) is 45.9 Å². The van der Waals surface area contributed by atoms with Crippen molar-refractivity contribution in [1.29, 1.82) is 0 Å². The van der Waals surface area contributed by atoms with Gasteiger partial charge in [-0.25, -0.2) is 4.39 Å². The van der Waals surface area contributed by atoms with Crippen LogP contribution in [0.3, 0.4) is 0 Å². The van der Waals surface area contributed by atoms with Gasteiger partial charge < -0.3 is 15.5 Å². The lowest BCUT2D eigenvalue weighted by atomic mass is 10.1. The minimum atomic E-state index is -0.278. The van der Waals surface area contributed by atoms with Crippen LogP contribution in [-0.2, 0) is 11.3 Å². The lowest BCUT2D eigenvalue weighted by molar-refractivity contribution is -0.131. The van der Waals surface area contributed by atoms with E-state index in [0.29, 0.717) is 12.2 Å². The highest BCUT2D eigenvalue weighted by Crippen LogP contribution is 2.26. The van der Waals surface area contributed by atoms with Crippen molar-refractivity contribution < 1.29 is 9.18 Å². The third-order valence-corrected chi connectivity index (χ3v) is 4.77. The molecule has 0 heterocycles. The summed E-state index contributed by atoms with van der Waals surface area (Å²) in [5, 5.41) is 0. The fourth-order valence-corrected chi connectivity index (χ4v) is 3.30. The van der Waals surface area contributed by atoms with E-state index in [1.54, 1.807) is 6.07 Å². The van der Waals surface area contributed by atoms with Gasteiger partial charge in [0.25, 0.3) is 5.91 Å². The molecule has 2 rings (SSSR count). The Morgan fingerprint density at radius 3 is 2.36 bits per heavy atom. The van der Waals surface area contributed by atoms with Crippen LogP contribution >= 0.6 is 0 Å². The maximum absolute atomic E-state index is 13.5. The van der Waals surface area contributed by atoms with E-state index < -0.39 is 0 Å². The van der Waals surface area contributed by atoms with E-state index in [4.69, 9.17) is 5.73 Å². The SMILES string of the molecule is C/C=C(/C(=O)N(Cc1cccc(F)c1)C1CCC(N)C1)N(C)CC.CC.CC. The average molecular weight is 394 g/mol. The first-order valence-electron chi connectivity index (χ1n) is 10.6. The van der Waals surface area contributed by atoms with E-state index in [-0.39, 0.29) is 23.8 Å². The maximum Gasteiger partial charge on any atom is 0.270 e. The molecule has 1 aromatic carbocycles. The summed E-state index contributed by atoms with van der Waals surface area (Å²) in [6, 6.07) is 6.70. The first-order chi connectivity index (χ1) is 13.5. The third kappa shape index (κ3) is 7.63. The number of rotatable bonds is 6. The monoisotopic (exact) mass is 393 g/mol. The Balaban J connectivity index is 0.00000171. The highest BCUT2D eigenvalue weighted by molar-refractivity contribution is 5.93. The maximum atomic E-state index is 13.5. The lowest BCUT2D eigenvalue weighted by Gasteiger charge is -2.32. The van der Waals surface area contributed by atoms with Crippen LogP contribution in [0.5, 0.6) is 0 Å². The van der Waals surface area contributed by atoms with E-state index in [1.165, 1.54) is 12.1 Å². The molecule has 160 valence electrons. The third-order valence-electron chi connectivity index (χ3n) is 4.77. The largest absolute Gasteiger partial charge is 0.371 e. The van der Waals surface area contributed by atoms with Gasteiger partial charge in [0.05, 0.1) is 5.70 Å². The fourth-order valence-electron chi connectivity index (χ4n) is 3.30. The van der Waals surface area contributed by atoms with Crippen molar-refractivity contribution in [2.24, 2.45) is 5.73 Å². The van der Waals surface area contributed by atoms with Gasteiger partial charge in [0, 0.05) is 32.2 Å². The predicted octanol–water partition coefficient (Wildman–Crippen LogP) is 4.94. The van der Waals surface area contributed by atoms with Crippen LogP contribution in [0.15, 0.2) is 36.0 Å². The number of allylic oxidation sites excluding steroid dienone is 1. The van der Waals surface area contributed by atoms with Gasteiger partial charge >= 0.3 is 0 Å². The second kappa shape index (κ2) is 14.2. The Morgan fingerprint density at radius 2 is 1.89 bits per heavy atom. The van der Waals surface area contributed by atoms with Gasteiger partial charge in [0.15, 0.2) is 0 Å². The van der Waals surface area contributed by atoms with Gasteiger partial charge in [-0.3, -0.25) is 4.79 Å². The predicted molar refractivity (Wildman–Crippen MR) is 117 cm³/mol. The van der Waals surface area contributed by atoms with Crippen molar-refractivity contribution in [2.45, 2.75) is 79.4 Å². The molecular formula is C23H40FN3O. The summed E-state index contributed by atoms with van der Waals surface area (Å²) in [5.41, 5.74) is 7.53. The molecule has 0 radical (unpaired) electrons. The van der Waals surface area contributed by atoms with Crippen molar-refractivity contribution in [3.8, 4) is 0 Å². The molecule has 1 fully saturated rings. The number of halogens is 1. The highest BCUT2D eigenvalue weighted by Gasteiger charge is 2.32. The van der Waals surface area contributed by atoms with Crippen molar-refractivity contribution in [1.82, 2.24) is 9.80 Å². The molecule has 4 nitrogen and oxygen atoms in total. The van der Waals surface area contributed by atoms with Gasteiger partial charge in [0.1, 0.15) is 5.82 Å². The molecule has 1 saturated carbocycles. The van der Waals surface area contributed by atoms with E-state index in [2.05, 4.69) is 0 Å². The topological polar surface area (TPSA) is 49.6 Å². The first kappa shape index (κ1) is 26.1. The van der Waals surface area contributed by atoms with Crippen LogP contribution in [0, 0.1) is 5.82 Å². The Morgan fingerprint density at radius 1 is 1.25 bits per heavy atom. The molecule has 0 spiro atoms. The zero-order chi connectivity index (χ0) is 21.7. The first-order valence-corrected chi connectivity index (χ1v) is 10.6. The molecule has 28 heavy (non-hydrogen) atoms. The second-order valence-electron chi connectivity index (χ2n) is 6.48. The number of hydrogen-bond acceptors (Lipinski definition) is 3. The number of benzene rings is 1. The fraction of sp³-hybridized carbons (Fsp3) is 0.609. The Hall–Kier alpha value is -1.88. The van der Waals surface area contributed by atoms with Crippen molar-refractivity contribution in [3.05, 3.63) is 47.4 Å². The Kier molecular flexibility index (Phi) is 13.2. The van der Waals surface area contributed by atoms with Crippen LogP contribution in [0.4, 0.5) is 4.39 Å². The molecule has 0 aliphatic heterocycles. The highest BCUT2D eigenvalue weighted by atomic mass is 19.1. The normalized spacial score (nSPS) is 18.4. The van der Waals surface area contributed by atoms with Gasteiger partial charge in [-0.15, -0.1) is 0 Å². The number of hydrogen-bond donors (Lipinski definition) is 1. The number of likely N-dealkylation sites (N-methyl/N-ethyl adjacent to an activating group) is 1. The lowest BCUT2D eigenvalue weighted by Crippen LogP contribution is -2.43. The number of nitrogens with zero attached hydrogens (tertiary/aromatic N) is 2. The van der Waals surface area contributed by atoms with Crippen molar-refractivity contribution >= 4 is 5.91 Å². The standard InChI is InChI=1S/C19H28FN3O.2C2H6/c1-4-18(22(3)5-2)19(24)23(17-10-9-16(21)12-17)13-14-7-6-8-15(20)11-14;2*1-2/h4,6-8,11,16-17H,5,9-10,12-13,21H2,1-3H3;2*1-2H3/b18-4-;;. The molecule has 1 aliphatic rings. The Labute approximate surface area is 171 Å². The van der Waals surface area contributed by atoms with Gasteiger partial charge in [-0.05, 0) is 50.8 Å². The van der Waals surface area contributed by atoms with Crippen molar-refractivity contribution in [3.63, 3.8) is 0 Å². The molecule has 5 heteroatoms. The zero-order valence-corrected chi connectivity index (χ0v) is 18.8.